The topological polar surface area (TPSA) is 35.8 Å². The van der Waals surface area contributed by atoms with Crippen LogP contribution in [-0.4, -0.2) is 63.5 Å². The van der Waals surface area contributed by atoms with Crippen molar-refractivity contribution in [3.8, 4) is 0 Å². The molecule has 24 heavy (non-hydrogen) atoms. The van der Waals surface area contributed by atoms with E-state index in [2.05, 4.69) is 53.9 Å². The Kier molecular flexibility index (Phi) is 10.5. The summed E-state index contributed by atoms with van der Waals surface area (Å²) in [7, 11) is 0. The van der Waals surface area contributed by atoms with E-state index in [1.807, 2.05) is 0 Å². The zero-order valence-electron chi connectivity index (χ0n) is 14.8. The largest absolute Gasteiger partial charge is 3.00 e. The van der Waals surface area contributed by atoms with E-state index in [4.69, 9.17) is 9.47 Å². The predicted octanol–water partition coefficient (Wildman–Crippen LogP) is 2.70. The molecule has 2 heterocycles. The van der Waals surface area contributed by atoms with Crippen LogP contribution in [0.15, 0.2) is 30.3 Å². The third-order valence-corrected chi connectivity index (χ3v) is 4.63. The van der Waals surface area contributed by atoms with E-state index in [1.54, 1.807) is 0 Å². The van der Waals surface area contributed by atoms with Gasteiger partial charge in [-0.05, 0) is 0 Å². The third kappa shape index (κ3) is 5.98. The minimum atomic E-state index is 0. The van der Waals surface area contributed by atoms with Crippen molar-refractivity contribution >= 4 is 0 Å². The van der Waals surface area contributed by atoms with Gasteiger partial charge in [0.15, 0.2) is 0 Å². The molecule has 0 aromatic heterocycles. The smallest absolute Gasteiger partial charge is 0.659 e. The number of nitrogens with zero attached hydrogens (tertiary/aromatic N) is 2. The fraction of sp³-hybridized carbons (Fsp3) is 0.579. The normalized spacial score (nSPS) is 29.3. The summed E-state index contributed by atoms with van der Waals surface area (Å²) < 4.78 is 10.4. The van der Waals surface area contributed by atoms with E-state index >= 15 is 0 Å². The van der Waals surface area contributed by atoms with Crippen molar-refractivity contribution < 1.29 is 49.9 Å². The first-order chi connectivity index (χ1) is 10.8. The summed E-state index contributed by atoms with van der Waals surface area (Å²) in [6.07, 6.45) is 2.45. The summed E-state index contributed by atoms with van der Waals surface area (Å²) in [5, 5.41) is 4.05. The molecule has 2 atom stereocenters. The van der Waals surface area contributed by atoms with Crippen molar-refractivity contribution in [1.29, 1.82) is 0 Å². The van der Waals surface area contributed by atoms with Crippen molar-refractivity contribution in [3.05, 3.63) is 55.1 Å². The molecule has 0 spiro atoms. The third-order valence-electron chi connectivity index (χ3n) is 4.63. The van der Waals surface area contributed by atoms with Gasteiger partial charge in [0, 0.05) is 26.3 Å². The Morgan fingerprint density at radius 1 is 1.04 bits per heavy atom. The van der Waals surface area contributed by atoms with Gasteiger partial charge in [-0.15, -0.1) is 24.5 Å². The summed E-state index contributed by atoms with van der Waals surface area (Å²) >= 11 is 0. The quantitative estimate of drug-likeness (QED) is 0.628. The molecule has 1 radical (unpaired) electrons. The van der Waals surface area contributed by atoms with E-state index in [9.17, 15) is 0 Å². The summed E-state index contributed by atoms with van der Waals surface area (Å²) in [6.45, 7) is 9.72. The zero-order chi connectivity index (χ0) is 15.3. The van der Waals surface area contributed by atoms with Gasteiger partial charge < -0.3 is 33.5 Å². The molecule has 1 aliphatic carbocycles. The van der Waals surface area contributed by atoms with Crippen LogP contribution in [0.25, 0.3) is 5.32 Å². The van der Waals surface area contributed by atoms with Crippen molar-refractivity contribution in [3.63, 3.8) is 0 Å². The monoisotopic (exact) mass is 469 g/mol. The molecule has 2 aliphatic heterocycles. The van der Waals surface area contributed by atoms with Gasteiger partial charge in [-0.25, -0.2) is 0 Å². The molecular weight excluding hydrogens is 439 g/mol. The van der Waals surface area contributed by atoms with Crippen molar-refractivity contribution in [1.82, 2.24) is 4.90 Å². The molecule has 0 unspecified atom stereocenters. The van der Waals surface area contributed by atoms with E-state index in [-0.39, 0.29) is 53.2 Å². The van der Waals surface area contributed by atoms with Crippen LogP contribution in [0.1, 0.15) is 12.5 Å². The molecule has 133 valence electrons. The number of hydrogen-bond donors (Lipinski definition) is 0. The standard InChI is InChI=1S/C14H18NO.C4H8NO.CH3.Sm/c1-14(12-5-3-2-4-6-12)11-13(14)15-7-9-16-10-8-15;1-3-6-4-2-5-1;;/h2-6,11,13H,7-10H2,1H3;1-4H2;1H3;/q3*-1;+3/t13-,14+;;;/m0.../s1. The van der Waals surface area contributed by atoms with Gasteiger partial charge in [0.05, 0.1) is 13.2 Å². The Balaban J connectivity index is 0.000000310. The second-order valence-corrected chi connectivity index (χ2v) is 6.19. The molecule has 1 aromatic carbocycles. The Hall–Kier alpha value is 0.398. The molecule has 5 heteroatoms. The van der Waals surface area contributed by atoms with Crippen LogP contribution in [0.3, 0.4) is 0 Å². The Morgan fingerprint density at radius 3 is 2.12 bits per heavy atom. The van der Waals surface area contributed by atoms with Crippen molar-refractivity contribution in [2.24, 2.45) is 0 Å². The number of hydrogen-bond acceptors (Lipinski definition) is 3. The molecule has 0 bridgehead atoms. The maximum atomic E-state index is 5.40. The SMILES string of the molecule is C1COCC[N-]1.C[C@]1(c2ccccc2)[CH-][C@@H]1N1CCOCC1.[CH3-].[Sm+3]. The summed E-state index contributed by atoms with van der Waals surface area (Å²) in [6, 6.07) is 11.4. The summed E-state index contributed by atoms with van der Waals surface area (Å²) in [5.41, 5.74) is 1.70. The Morgan fingerprint density at radius 2 is 1.62 bits per heavy atom. The molecule has 4 nitrogen and oxygen atoms in total. The Labute approximate surface area is 179 Å². The molecule has 0 amide bonds. The average molecular weight is 468 g/mol. The fourth-order valence-electron chi connectivity index (χ4n) is 3.16. The van der Waals surface area contributed by atoms with E-state index in [0.717, 1.165) is 52.6 Å². The van der Waals surface area contributed by atoms with Crippen LogP contribution in [0.5, 0.6) is 0 Å². The van der Waals surface area contributed by atoms with Gasteiger partial charge in [-0.1, -0.05) is 42.8 Å². The molecule has 1 aromatic rings. The number of morpholine rings is 2. The van der Waals surface area contributed by atoms with Crippen LogP contribution >= 0.6 is 0 Å². The maximum Gasteiger partial charge on any atom is 3.00 e. The van der Waals surface area contributed by atoms with Crippen molar-refractivity contribution in [2.75, 3.05) is 52.6 Å². The second-order valence-electron chi connectivity index (χ2n) is 6.19. The fourth-order valence-corrected chi connectivity index (χ4v) is 3.16. The van der Waals surface area contributed by atoms with Crippen LogP contribution in [-0.2, 0) is 14.9 Å². The van der Waals surface area contributed by atoms with E-state index < -0.39 is 0 Å². The minimum absolute atomic E-state index is 0. The molecule has 1 saturated carbocycles. The minimum Gasteiger partial charge on any atom is -0.659 e. The molecule has 0 N–H and O–H groups in total. The van der Waals surface area contributed by atoms with Gasteiger partial charge >= 0.3 is 40.4 Å². The van der Waals surface area contributed by atoms with Gasteiger partial charge in [0.2, 0.25) is 0 Å². The summed E-state index contributed by atoms with van der Waals surface area (Å²) in [5.74, 6) is 0. The molecular formula is C19H29N2O2Sm. The van der Waals surface area contributed by atoms with Crippen LogP contribution in [0.2, 0.25) is 0 Å². The number of ether oxygens (including phenoxy) is 2. The zero-order valence-corrected chi connectivity index (χ0v) is 17.4. The first-order valence-corrected chi connectivity index (χ1v) is 8.25. The van der Waals surface area contributed by atoms with Gasteiger partial charge in [0.1, 0.15) is 0 Å². The average Bonchev–Trinajstić information content (AvgIpc) is 3.32. The van der Waals surface area contributed by atoms with Gasteiger partial charge in [0.25, 0.3) is 0 Å². The number of benzene rings is 1. The molecule has 2 saturated heterocycles. The Bertz CT molecular complexity index is 438. The molecule has 4 rings (SSSR count). The molecule has 3 fully saturated rings. The van der Waals surface area contributed by atoms with Crippen LogP contribution in [0, 0.1) is 54.2 Å². The van der Waals surface area contributed by atoms with Crippen molar-refractivity contribution in [2.45, 2.75) is 18.4 Å². The van der Waals surface area contributed by atoms with Crippen LogP contribution in [0.4, 0.5) is 0 Å². The first kappa shape index (κ1) is 22.4. The van der Waals surface area contributed by atoms with E-state index in [1.165, 1.54) is 5.56 Å². The van der Waals surface area contributed by atoms with Gasteiger partial charge in [-0.3, -0.25) is 0 Å². The summed E-state index contributed by atoms with van der Waals surface area (Å²) in [4.78, 5) is 2.54. The van der Waals surface area contributed by atoms with E-state index in [0.29, 0.717) is 6.04 Å². The van der Waals surface area contributed by atoms with Crippen LogP contribution < -0.4 is 0 Å². The predicted molar refractivity (Wildman–Crippen MR) is 94.6 cm³/mol. The maximum absolute atomic E-state index is 5.40. The second kappa shape index (κ2) is 11.2. The van der Waals surface area contributed by atoms with Gasteiger partial charge in [-0.2, -0.15) is 0 Å². The molecule has 3 aliphatic rings. The first-order valence-electron chi connectivity index (χ1n) is 8.25. The number of rotatable bonds is 2.